The van der Waals surface area contributed by atoms with Crippen molar-refractivity contribution in [2.24, 2.45) is 0 Å². The fraction of sp³-hybridized carbons (Fsp3) is 0.458. The zero-order chi connectivity index (χ0) is 19.6. The molecule has 4 nitrogen and oxygen atoms in total. The molecular formula is C24H30N2O2. The quantitative estimate of drug-likeness (QED) is 0.747. The molecule has 1 aliphatic carbocycles. The van der Waals surface area contributed by atoms with E-state index in [-0.39, 0.29) is 23.3 Å². The lowest BCUT2D eigenvalue weighted by Gasteiger charge is -2.35. The van der Waals surface area contributed by atoms with Crippen LogP contribution in [0.3, 0.4) is 0 Å². The van der Waals surface area contributed by atoms with Crippen molar-refractivity contribution in [1.82, 2.24) is 10.6 Å². The van der Waals surface area contributed by atoms with Crippen LogP contribution in [0.15, 0.2) is 54.6 Å². The molecule has 0 bridgehead atoms. The van der Waals surface area contributed by atoms with Crippen molar-refractivity contribution in [1.29, 1.82) is 0 Å². The highest BCUT2D eigenvalue weighted by molar-refractivity contribution is 5.77. The number of piperidine rings is 1. The van der Waals surface area contributed by atoms with Crippen LogP contribution in [0.2, 0.25) is 0 Å². The third kappa shape index (κ3) is 3.71. The van der Waals surface area contributed by atoms with Gasteiger partial charge in [0.05, 0.1) is 12.1 Å². The lowest BCUT2D eigenvalue weighted by atomic mass is 9.73. The fourth-order valence-corrected chi connectivity index (χ4v) is 5.14. The summed E-state index contributed by atoms with van der Waals surface area (Å²) in [5.74, 6) is 0.281. The Bertz CT molecular complexity index is 814. The maximum atomic E-state index is 12.8. The van der Waals surface area contributed by atoms with Crippen LogP contribution in [0.4, 0.5) is 0 Å². The van der Waals surface area contributed by atoms with Crippen molar-refractivity contribution in [2.45, 2.75) is 56.1 Å². The van der Waals surface area contributed by atoms with Gasteiger partial charge in [0.2, 0.25) is 5.91 Å². The molecule has 4 heteroatoms. The Hall–Kier alpha value is -2.17. The Labute approximate surface area is 167 Å². The SMILES string of the molecule is C[C@H](NC(=O)CC1CC2(CCNCC2)c2ccccc21)[C@@H](O)c1ccccc1. The highest BCUT2D eigenvalue weighted by Crippen LogP contribution is 2.51. The van der Waals surface area contributed by atoms with Crippen molar-refractivity contribution in [2.75, 3.05) is 13.1 Å². The van der Waals surface area contributed by atoms with Crippen molar-refractivity contribution in [3.05, 3.63) is 71.3 Å². The molecule has 1 saturated heterocycles. The standard InChI is InChI=1S/C24H30N2O2/c1-17(23(28)18-7-3-2-4-8-18)26-22(27)15-19-16-24(11-13-25-14-12-24)21-10-6-5-9-20(19)21/h2-10,17,19,23,25,28H,11-16H2,1H3,(H,26,27)/t17-,19?,23+/m0/s1. The van der Waals surface area contributed by atoms with Crippen LogP contribution in [0.5, 0.6) is 0 Å². The van der Waals surface area contributed by atoms with Gasteiger partial charge in [0.25, 0.3) is 0 Å². The Morgan fingerprint density at radius 1 is 1.14 bits per heavy atom. The fourth-order valence-electron chi connectivity index (χ4n) is 5.14. The van der Waals surface area contributed by atoms with E-state index in [1.165, 1.54) is 11.1 Å². The molecule has 2 aromatic carbocycles. The maximum absolute atomic E-state index is 12.8. The number of carbonyl (C=O) groups is 1. The van der Waals surface area contributed by atoms with Gasteiger partial charge in [0.1, 0.15) is 0 Å². The number of fused-ring (bicyclic) bond motifs is 2. The van der Waals surface area contributed by atoms with Gasteiger partial charge in [-0.3, -0.25) is 4.79 Å². The normalized spacial score (nSPS) is 22.4. The molecule has 0 aromatic heterocycles. The number of amides is 1. The summed E-state index contributed by atoms with van der Waals surface area (Å²) in [6, 6.07) is 17.9. The molecule has 1 aliphatic heterocycles. The van der Waals surface area contributed by atoms with Crippen LogP contribution in [0, 0.1) is 0 Å². The van der Waals surface area contributed by atoms with Gasteiger partial charge in [0, 0.05) is 6.42 Å². The lowest BCUT2D eigenvalue weighted by Crippen LogP contribution is -2.39. The monoisotopic (exact) mass is 378 g/mol. The molecule has 1 unspecified atom stereocenters. The molecule has 148 valence electrons. The molecule has 1 spiro atoms. The van der Waals surface area contributed by atoms with Gasteiger partial charge in [-0.05, 0) is 67.3 Å². The number of aliphatic hydroxyl groups excluding tert-OH is 1. The molecular weight excluding hydrogens is 348 g/mol. The van der Waals surface area contributed by atoms with Crippen LogP contribution in [-0.4, -0.2) is 30.1 Å². The lowest BCUT2D eigenvalue weighted by molar-refractivity contribution is -0.123. The summed E-state index contributed by atoms with van der Waals surface area (Å²) in [7, 11) is 0. The summed E-state index contributed by atoms with van der Waals surface area (Å²) in [6.07, 6.45) is 3.13. The maximum Gasteiger partial charge on any atom is 0.220 e. The molecule has 3 atom stereocenters. The summed E-state index contributed by atoms with van der Waals surface area (Å²) in [6.45, 7) is 3.97. The third-order valence-corrected chi connectivity index (χ3v) is 6.60. The molecule has 28 heavy (non-hydrogen) atoms. The number of carbonyl (C=O) groups excluding carboxylic acids is 1. The van der Waals surface area contributed by atoms with E-state index in [1.54, 1.807) is 0 Å². The first-order chi connectivity index (χ1) is 13.6. The summed E-state index contributed by atoms with van der Waals surface area (Å²) in [4.78, 5) is 12.8. The minimum Gasteiger partial charge on any atom is -0.386 e. The number of benzene rings is 2. The Morgan fingerprint density at radius 2 is 1.82 bits per heavy atom. The van der Waals surface area contributed by atoms with E-state index < -0.39 is 6.10 Å². The first kappa shape index (κ1) is 19.2. The van der Waals surface area contributed by atoms with E-state index in [4.69, 9.17) is 0 Å². The van der Waals surface area contributed by atoms with Crippen LogP contribution >= 0.6 is 0 Å². The van der Waals surface area contributed by atoms with Gasteiger partial charge in [-0.15, -0.1) is 0 Å². The van der Waals surface area contributed by atoms with Crippen molar-refractivity contribution in [3.8, 4) is 0 Å². The molecule has 1 amide bonds. The average molecular weight is 379 g/mol. The van der Waals surface area contributed by atoms with Crippen LogP contribution < -0.4 is 10.6 Å². The van der Waals surface area contributed by atoms with Gasteiger partial charge in [-0.1, -0.05) is 54.6 Å². The van der Waals surface area contributed by atoms with Gasteiger partial charge in [-0.2, -0.15) is 0 Å². The molecule has 2 aromatic rings. The minimum atomic E-state index is -0.697. The zero-order valence-electron chi connectivity index (χ0n) is 16.5. The summed E-state index contributed by atoms with van der Waals surface area (Å²) in [5.41, 5.74) is 3.85. The summed E-state index contributed by atoms with van der Waals surface area (Å²) < 4.78 is 0. The van der Waals surface area contributed by atoms with E-state index in [0.29, 0.717) is 6.42 Å². The topological polar surface area (TPSA) is 61.4 Å². The number of aliphatic hydroxyl groups is 1. The number of hydrogen-bond acceptors (Lipinski definition) is 3. The highest BCUT2D eigenvalue weighted by Gasteiger charge is 2.44. The van der Waals surface area contributed by atoms with Crippen molar-refractivity contribution < 1.29 is 9.90 Å². The predicted molar refractivity (Wildman–Crippen MR) is 111 cm³/mol. The Balaban J connectivity index is 1.43. The van der Waals surface area contributed by atoms with Gasteiger partial charge >= 0.3 is 0 Å². The zero-order valence-corrected chi connectivity index (χ0v) is 16.5. The molecule has 3 N–H and O–H groups in total. The predicted octanol–water partition coefficient (Wildman–Crippen LogP) is 3.42. The first-order valence-corrected chi connectivity index (χ1v) is 10.4. The van der Waals surface area contributed by atoms with Gasteiger partial charge < -0.3 is 15.7 Å². The average Bonchev–Trinajstić information content (AvgIpc) is 3.01. The number of hydrogen-bond donors (Lipinski definition) is 3. The second-order valence-corrected chi connectivity index (χ2v) is 8.43. The van der Waals surface area contributed by atoms with Crippen molar-refractivity contribution >= 4 is 5.91 Å². The molecule has 1 fully saturated rings. The van der Waals surface area contributed by atoms with Crippen LogP contribution in [-0.2, 0) is 10.2 Å². The van der Waals surface area contributed by atoms with E-state index in [1.807, 2.05) is 37.3 Å². The van der Waals surface area contributed by atoms with Crippen LogP contribution in [0.1, 0.15) is 61.3 Å². The van der Waals surface area contributed by atoms with E-state index >= 15 is 0 Å². The summed E-state index contributed by atoms with van der Waals surface area (Å²) in [5, 5.41) is 17.0. The Kier molecular flexibility index (Phi) is 5.51. The highest BCUT2D eigenvalue weighted by atomic mass is 16.3. The van der Waals surface area contributed by atoms with E-state index in [0.717, 1.165) is 37.9 Å². The Morgan fingerprint density at radius 3 is 2.57 bits per heavy atom. The largest absolute Gasteiger partial charge is 0.386 e. The van der Waals surface area contributed by atoms with Gasteiger partial charge in [-0.25, -0.2) is 0 Å². The minimum absolute atomic E-state index is 0.0215. The summed E-state index contributed by atoms with van der Waals surface area (Å²) >= 11 is 0. The van der Waals surface area contributed by atoms with Crippen molar-refractivity contribution in [3.63, 3.8) is 0 Å². The van der Waals surface area contributed by atoms with Crippen LogP contribution in [0.25, 0.3) is 0 Å². The third-order valence-electron chi connectivity index (χ3n) is 6.60. The first-order valence-electron chi connectivity index (χ1n) is 10.4. The van der Waals surface area contributed by atoms with E-state index in [9.17, 15) is 9.90 Å². The molecule has 1 heterocycles. The van der Waals surface area contributed by atoms with E-state index in [2.05, 4.69) is 34.9 Å². The number of rotatable bonds is 5. The molecule has 4 rings (SSSR count). The second-order valence-electron chi connectivity index (χ2n) is 8.43. The molecule has 0 radical (unpaired) electrons. The second kappa shape index (κ2) is 8.06. The van der Waals surface area contributed by atoms with Gasteiger partial charge in [0.15, 0.2) is 0 Å². The molecule has 0 saturated carbocycles. The number of nitrogens with one attached hydrogen (secondary N) is 2. The molecule has 2 aliphatic rings. The smallest absolute Gasteiger partial charge is 0.220 e.